The van der Waals surface area contributed by atoms with Gasteiger partial charge in [0, 0.05) is 36.9 Å². The average Bonchev–Trinajstić information content (AvgIpc) is 2.97. The van der Waals surface area contributed by atoms with Crippen LogP contribution in [0.2, 0.25) is 5.02 Å². The number of benzene rings is 1. The van der Waals surface area contributed by atoms with Gasteiger partial charge in [-0.2, -0.15) is 5.10 Å². The number of rotatable bonds is 2. The Morgan fingerprint density at radius 3 is 3.10 bits per heavy atom. The van der Waals surface area contributed by atoms with Gasteiger partial charge in [-0.05, 0) is 25.1 Å². The second-order valence-corrected chi connectivity index (χ2v) is 5.64. The van der Waals surface area contributed by atoms with Crippen LogP contribution in [0.15, 0.2) is 36.7 Å². The third kappa shape index (κ3) is 2.94. The molecule has 1 saturated heterocycles. The van der Waals surface area contributed by atoms with Gasteiger partial charge in [0.2, 0.25) is 0 Å². The SMILES string of the molecule is C[C@@H]1CNCCN1C(=O)c1cnn(-c2cccc(Cl)c2)c1. The minimum atomic E-state index is 0.0253. The Balaban J connectivity index is 1.83. The molecule has 1 aliphatic heterocycles. The number of halogens is 1. The number of nitrogens with zero attached hydrogens (tertiary/aromatic N) is 3. The van der Waals surface area contributed by atoms with Crippen LogP contribution in [0.5, 0.6) is 0 Å². The molecule has 1 amide bonds. The topological polar surface area (TPSA) is 50.2 Å². The van der Waals surface area contributed by atoms with Gasteiger partial charge in [-0.3, -0.25) is 4.79 Å². The smallest absolute Gasteiger partial charge is 0.257 e. The van der Waals surface area contributed by atoms with Gasteiger partial charge in [-0.25, -0.2) is 4.68 Å². The van der Waals surface area contributed by atoms with Crippen molar-refractivity contribution in [3.63, 3.8) is 0 Å². The molecule has 0 spiro atoms. The molecule has 1 fully saturated rings. The van der Waals surface area contributed by atoms with Crippen molar-refractivity contribution in [2.24, 2.45) is 0 Å². The average molecular weight is 305 g/mol. The van der Waals surface area contributed by atoms with Crippen LogP contribution in [0.3, 0.4) is 0 Å². The molecular weight excluding hydrogens is 288 g/mol. The number of hydrogen-bond donors (Lipinski definition) is 1. The van der Waals surface area contributed by atoms with Crippen molar-refractivity contribution >= 4 is 17.5 Å². The molecule has 0 unspecified atom stereocenters. The zero-order valence-electron chi connectivity index (χ0n) is 11.8. The molecule has 110 valence electrons. The summed E-state index contributed by atoms with van der Waals surface area (Å²) in [6.45, 7) is 4.43. The molecule has 0 saturated carbocycles. The molecule has 1 aliphatic rings. The Morgan fingerprint density at radius 2 is 2.33 bits per heavy atom. The van der Waals surface area contributed by atoms with Crippen LogP contribution in [0.4, 0.5) is 0 Å². The first kappa shape index (κ1) is 14.1. The lowest BCUT2D eigenvalue weighted by Crippen LogP contribution is -2.52. The van der Waals surface area contributed by atoms with E-state index in [2.05, 4.69) is 10.4 Å². The number of hydrogen-bond acceptors (Lipinski definition) is 3. The fraction of sp³-hybridized carbons (Fsp3) is 0.333. The van der Waals surface area contributed by atoms with E-state index in [9.17, 15) is 4.79 Å². The number of aromatic nitrogens is 2. The molecule has 1 aromatic heterocycles. The van der Waals surface area contributed by atoms with Gasteiger partial charge in [0.15, 0.2) is 0 Å². The Bertz CT molecular complexity index is 655. The Hall–Kier alpha value is -1.85. The third-order valence-corrected chi connectivity index (χ3v) is 3.90. The Morgan fingerprint density at radius 1 is 1.48 bits per heavy atom. The molecular formula is C15H17ClN4O. The van der Waals surface area contributed by atoms with Crippen molar-refractivity contribution in [1.82, 2.24) is 20.0 Å². The molecule has 3 rings (SSSR count). The predicted octanol–water partition coefficient (Wildman–Crippen LogP) is 1.96. The second kappa shape index (κ2) is 5.87. The maximum atomic E-state index is 12.5. The molecule has 21 heavy (non-hydrogen) atoms. The lowest BCUT2D eigenvalue weighted by Gasteiger charge is -2.33. The van der Waals surface area contributed by atoms with Crippen LogP contribution in [0.1, 0.15) is 17.3 Å². The molecule has 1 aromatic carbocycles. The summed E-state index contributed by atoms with van der Waals surface area (Å²) in [5.41, 5.74) is 1.44. The van der Waals surface area contributed by atoms with E-state index in [1.807, 2.05) is 36.1 Å². The van der Waals surface area contributed by atoms with E-state index < -0.39 is 0 Å². The standard InChI is InChI=1S/C15H17ClN4O/c1-11-8-17-5-6-19(11)15(21)12-9-18-20(10-12)14-4-2-3-13(16)7-14/h2-4,7,9-11,17H,5-6,8H2,1H3/t11-/m1/s1. The fourth-order valence-corrected chi connectivity index (χ4v) is 2.69. The molecule has 1 atom stereocenters. The molecule has 5 nitrogen and oxygen atoms in total. The minimum Gasteiger partial charge on any atom is -0.333 e. The number of piperazine rings is 1. The normalized spacial score (nSPS) is 18.8. The first-order chi connectivity index (χ1) is 10.1. The minimum absolute atomic E-state index is 0.0253. The highest BCUT2D eigenvalue weighted by Crippen LogP contribution is 2.16. The van der Waals surface area contributed by atoms with Crippen LogP contribution < -0.4 is 5.32 Å². The van der Waals surface area contributed by atoms with Crippen molar-refractivity contribution in [1.29, 1.82) is 0 Å². The van der Waals surface area contributed by atoms with Gasteiger partial charge in [0.05, 0.1) is 17.4 Å². The highest BCUT2D eigenvalue weighted by molar-refractivity contribution is 6.30. The molecule has 0 radical (unpaired) electrons. The number of amides is 1. The Kier molecular flexibility index (Phi) is 3.94. The van der Waals surface area contributed by atoms with E-state index in [1.165, 1.54) is 0 Å². The summed E-state index contributed by atoms with van der Waals surface area (Å²) in [5.74, 6) is 0.0253. The van der Waals surface area contributed by atoms with Gasteiger partial charge in [0.25, 0.3) is 5.91 Å². The first-order valence-electron chi connectivity index (χ1n) is 6.97. The van der Waals surface area contributed by atoms with Crippen molar-refractivity contribution in [2.75, 3.05) is 19.6 Å². The van der Waals surface area contributed by atoms with Gasteiger partial charge in [-0.1, -0.05) is 17.7 Å². The predicted molar refractivity (Wildman–Crippen MR) is 81.9 cm³/mol. The van der Waals surface area contributed by atoms with E-state index in [0.29, 0.717) is 10.6 Å². The molecule has 0 aliphatic carbocycles. The van der Waals surface area contributed by atoms with Gasteiger partial charge in [-0.15, -0.1) is 0 Å². The summed E-state index contributed by atoms with van der Waals surface area (Å²) in [6.07, 6.45) is 3.36. The first-order valence-corrected chi connectivity index (χ1v) is 7.35. The largest absolute Gasteiger partial charge is 0.333 e. The lowest BCUT2D eigenvalue weighted by molar-refractivity contribution is 0.0656. The maximum Gasteiger partial charge on any atom is 0.257 e. The van der Waals surface area contributed by atoms with Crippen LogP contribution in [0, 0.1) is 0 Å². The molecule has 6 heteroatoms. The van der Waals surface area contributed by atoms with Crippen LogP contribution in [-0.4, -0.2) is 46.3 Å². The highest BCUT2D eigenvalue weighted by Gasteiger charge is 2.24. The zero-order chi connectivity index (χ0) is 14.8. The van der Waals surface area contributed by atoms with Crippen molar-refractivity contribution in [2.45, 2.75) is 13.0 Å². The van der Waals surface area contributed by atoms with E-state index in [4.69, 9.17) is 11.6 Å². The zero-order valence-corrected chi connectivity index (χ0v) is 12.5. The monoisotopic (exact) mass is 304 g/mol. The molecule has 2 aromatic rings. The summed E-state index contributed by atoms with van der Waals surface area (Å²) in [6, 6.07) is 7.58. The van der Waals surface area contributed by atoms with Crippen molar-refractivity contribution < 1.29 is 4.79 Å². The molecule has 0 bridgehead atoms. The Labute approximate surface area is 128 Å². The molecule has 2 heterocycles. The van der Waals surface area contributed by atoms with E-state index in [-0.39, 0.29) is 11.9 Å². The third-order valence-electron chi connectivity index (χ3n) is 3.66. The maximum absolute atomic E-state index is 12.5. The quantitative estimate of drug-likeness (QED) is 0.923. The van der Waals surface area contributed by atoms with Gasteiger partial charge in [0.1, 0.15) is 0 Å². The summed E-state index contributed by atoms with van der Waals surface area (Å²) in [5, 5.41) is 8.19. The van der Waals surface area contributed by atoms with E-state index in [0.717, 1.165) is 25.3 Å². The van der Waals surface area contributed by atoms with Crippen LogP contribution in [0.25, 0.3) is 5.69 Å². The second-order valence-electron chi connectivity index (χ2n) is 5.21. The number of nitrogens with one attached hydrogen (secondary N) is 1. The van der Waals surface area contributed by atoms with Gasteiger partial charge >= 0.3 is 0 Å². The summed E-state index contributed by atoms with van der Waals surface area (Å²) >= 11 is 5.98. The highest BCUT2D eigenvalue weighted by atomic mass is 35.5. The molecule has 1 N–H and O–H groups in total. The van der Waals surface area contributed by atoms with Crippen LogP contribution >= 0.6 is 11.6 Å². The number of carbonyl (C=O) groups is 1. The lowest BCUT2D eigenvalue weighted by atomic mass is 10.2. The van der Waals surface area contributed by atoms with E-state index >= 15 is 0 Å². The van der Waals surface area contributed by atoms with Gasteiger partial charge < -0.3 is 10.2 Å². The van der Waals surface area contributed by atoms with Crippen LogP contribution in [-0.2, 0) is 0 Å². The fourth-order valence-electron chi connectivity index (χ4n) is 2.50. The van der Waals surface area contributed by atoms with Crippen molar-refractivity contribution in [3.05, 3.63) is 47.2 Å². The summed E-state index contributed by atoms with van der Waals surface area (Å²) in [7, 11) is 0. The summed E-state index contributed by atoms with van der Waals surface area (Å²) < 4.78 is 1.67. The van der Waals surface area contributed by atoms with Crippen molar-refractivity contribution in [3.8, 4) is 5.69 Å². The van der Waals surface area contributed by atoms with E-state index in [1.54, 1.807) is 17.1 Å². The number of carbonyl (C=O) groups excluding carboxylic acids is 1. The summed E-state index contributed by atoms with van der Waals surface area (Å²) in [4.78, 5) is 14.4.